The van der Waals surface area contributed by atoms with Crippen molar-refractivity contribution in [2.24, 2.45) is 11.8 Å². The van der Waals surface area contributed by atoms with Gasteiger partial charge in [0.1, 0.15) is 12.6 Å². The van der Waals surface area contributed by atoms with E-state index < -0.39 is 24.0 Å². The number of benzene rings is 2. The number of carboxylic acids is 1. The van der Waals surface area contributed by atoms with Crippen LogP contribution in [0.25, 0.3) is 11.1 Å². The summed E-state index contributed by atoms with van der Waals surface area (Å²) >= 11 is 0. The van der Waals surface area contributed by atoms with Crippen LogP contribution in [-0.4, -0.2) is 53.7 Å². The smallest absolute Gasteiger partial charge is 0.407 e. The fourth-order valence-corrected chi connectivity index (χ4v) is 4.64. The van der Waals surface area contributed by atoms with Crippen LogP contribution in [0.15, 0.2) is 48.5 Å². The second-order valence-corrected chi connectivity index (χ2v) is 8.80. The maximum absolute atomic E-state index is 12.9. The van der Waals surface area contributed by atoms with Crippen molar-refractivity contribution in [3.05, 3.63) is 59.7 Å². The zero-order valence-electron chi connectivity index (χ0n) is 18.3. The van der Waals surface area contributed by atoms with E-state index in [1.165, 1.54) is 4.90 Å². The highest BCUT2D eigenvalue weighted by Gasteiger charge is 2.36. The molecule has 32 heavy (non-hydrogen) atoms. The average molecular weight is 437 g/mol. The standard InChI is InChI=1S/C25H28N2O5/c1-15(2)22(23(28)27-12-11-16(13-27)24(29)30)26-25(31)32-14-21-19-9-5-3-7-17(19)18-8-4-6-10-20(18)21/h3-10,15-16,21-22H,11-14H2,1-2H3,(H,26,31)(H,29,30)/t16?,22-/m0/s1. The molecule has 0 bridgehead atoms. The predicted molar refractivity (Wildman–Crippen MR) is 119 cm³/mol. The maximum Gasteiger partial charge on any atom is 0.407 e. The highest BCUT2D eigenvalue weighted by molar-refractivity contribution is 5.87. The van der Waals surface area contributed by atoms with Crippen molar-refractivity contribution in [3.8, 4) is 11.1 Å². The number of rotatable bonds is 6. The van der Waals surface area contributed by atoms with Crippen molar-refractivity contribution in [1.82, 2.24) is 10.2 Å². The first-order chi connectivity index (χ1) is 15.4. The number of amides is 2. The van der Waals surface area contributed by atoms with E-state index in [4.69, 9.17) is 4.74 Å². The second kappa shape index (κ2) is 9.02. The van der Waals surface area contributed by atoms with Crippen molar-refractivity contribution >= 4 is 18.0 Å². The monoisotopic (exact) mass is 436 g/mol. The number of nitrogens with one attached hydrogen (secondary N) is 1. The zero-order chi connectivity index (χ0) is 22.8. The molecule has 0 saturated carbocycles. The molecular weight excluding hydrogens is 408 g/mol. The Morgan fingerprint density at radius 1 is 1.06 bits per heavy atom. The molecular formula is C25H28N2O5. The van der Waals surface area contributed by atoms with Crippen LogP contribution in [0.2, 0.25) is 0 Å². The number of carbonyl (C=O) groups excluding carboxylic acids is 2. The Morgan fingerprint density at radius 2 is 1.66 bits per heavy atom. The van der Waals surface area contributed by atoms with Gasteiger partial charge < -0.3 is 20.1 Å². The van der Waals surface area contributed by atoms with Crippen LogP contribution < -0.4 is 5.32 Å². The quantitative estimate of drug-likeness (QED) is 0.723. The van der Waals surface area contributed by atoms with Gasteiger partial charge in [-0.15, -0.1) is 0 Å². The first-order valence-corrected chi connectivity index (χ1v) is 11.0. The Bertz CT molecular complexity index is 989. The number of hydrogen-bond donors (Lipinski definition) is 2. The first kappa shape index (κ1) is 21.9. The van der Waals surface area contributed by atoms with Gasteiger partial charge in [-0.05, 0) is 34.6 Å². The third-order valence-electron chi connectivity index (χ3n) is 6.40. The molecule has 2 amide bonds. The third-order valence-corrected chi connectivity index (χ3v) is 6.40. The van der Waals surface area contributed by atoms with E-state index in [1.54, 1.807) is 0 Å². The molecule has 2 N–H and O–H groups in total. The van der Waals surface area contributed by atoms with Gasteiger partial charge in [-0.2, -0.15) is 0 Å². The minimum absolute atomic E-state index is 0.0590. The Morgan fingerprint density at radius 3 is 2.19 bits per heavy atom. The van der Waals surface area contributed by atoms with Gasteiger partial charge in [-0.1, -0.05) is 62.4 Å². The van der Waals surface area contributed by atoms with Crippen LogP contribution in [0.4, 0.5) is 4.79 Å². The van der Waals surface area contributed by atoms with Crippen LogP contribution in [-0.2, 0) is 14.3 Å². The number of carbonyl (C=O) groups is 3. The van der Waals surface area contributed by atoms with Crippen LogP contribution in [0.3, 0.4) is 0 Å². The molecule has 1 unspecified atom stereocenters. The van der Waals surface area contributed by atoms with E-state index in [2.05, 4.69) is 17.4 Å². The molecule has 2 aromatic carbocycles. The summed E-state index contributed by atoms with van der Waals surface area (Å²) in [6.07, 6.45) is -0.218. The Balaban J connectivity index is 1.41. The van der Waals surface area contributed by atoms with E-state index in [0.29, 0.717) is 13.0 Å². The largest absolute Gasteiger partial charge is 0.481 e. The molecule has 1 heterocycles. The molecule has 0 aromatic heterocycles. The fraction of sp³-hybridized carbons (Fsp3) is 0.400. The number of hydrogen-bond acceptors (Lipinski definition) is 4. The third kappa shape index (κ3) is 4.20. The molecule has 1 aliphatic heterocycles. The molecule has 7 nitrogen and oxygen atoms in total. The summed E-state index contributed by atoms with van der Waals surface area (Å²) in [6, 6.07) is 15.4. The van der Waals surface area contributed by atoms with Crippen LogP contribution in [0.5, 0.6) is 0 Å². The number of ether oxygens (including phenoxy) is 1. The number of aliphatic carboxylic acids is 1. The number of likely N-dealkylation sites (tertiary alicyclic amines) is 1. The topological polar surface area (TPSA) is 95.9 Å². The van der Waals surface area contributed by atoms with E-state index >= 15 is 0 Å². The van der Waals surface area contributed by atoms with Crippen molar-refractivity contribution in [2.75, 3.05) is 19.7 Å². The predicted octanol–water partition coefficient (Wildman–Crippen LogP) is 3.48. The highest BCUT2D eigenvalue weighted by Crippen LogP contribution is 2.44. The van der Waals surface area contributed by atoms with E-state index in [-0.39, 0.29) is 30.9 Å². The second-order valence-electron chi connectivity index (χ2n) is 8.80. The normalized spacial score (nSPS) is 18.2. The van der Waals surface area contributed by atoms with Crippen molar-refractivity contribution in [1.29, 1.82) is 0 Å². The lowest BCUT2D eigenvalue weighted by molar-refractivity contribution is -0.141. The molecule has 2 atom stereocenters. The summed E-state index contributed by atoms with van der Waals surface area (Å²) in [4.78, 5) is 38.3. The molecule has 7 heteroatoms. The summed E-state index contributed by atoms with van der Waals surface area (Å²) < 4.78 is 5.58. The number of fused-ring (bicyclic) bond motifs is 3. The summed E-state index contributed by atoms with van der Waals surface area (Å²) in [6.45, 7) is 4.41. The average Bonchev–Trinajstić information content (AvgIpc) is 3.39. The van der Waals surface area contributed by atoms with Crippen molar-refractivity contribution in [3.63, 3.8) is 0 Å². The lowest BCUT2D eigenvalue weighted by atomic mass is 9.98. The summed E-state index contributed by atoms with van der Waals surface area (Å²) in [5, 5.41) is 11.9. The van der Waals surface area contributed by atoms with Gasteiger partial charge in [0.05, 0.1) is 5.92 Å². The molecule has 0 radical (unpaired) electrons. The van der Waals surface area contributed by atoms with E-state index in [0.717, 1.165) is 22.3 Å². The molecule has 0 spiro atoms. The number of carboxylic acid groups (broad SMARTS) is 1. The van der Waals surface area contributed by atoms with Gasteiger partial charge >= 0.3 is 12.1 Å². The minimum atomic E-state index is -0.897. The zero-order valence-corrected chi connectivity index (χ0v) is 18.3. The SMILES string of the molecule is CC(C)[C@H](NC(=O)OCC1c2ccccc2-c2ccccc21)C(=O)N1CCC(C(=O)O)C1. The maximum atomic E-state index is 12.9. The van der Waals surface area contributed by atoms with Crippen molar-refractivity contribution in [2.45, 2.75) is 32.2 Å². The summed E-state index contributed by atoms with van der Waals surface area (Å²) in [5.74, 6) is -1.94. The number of nitrogens with zero attached hydrogens (tertiary/aromatic N) is 1. The molecule has 4 rings (SSSR count). The molecule has 1 fully saturated rings. The molecule has 1 aliphatic carbocycles. The van der Waals surface area contributed by atoms with Gasteiger partial charge in [0.15, 0.2) is 0 Å². The molecule has 1 saturated heterocycles. The van der Waals surface area contributed by atoms with Gasteiger partial charge in [-0.3, -0.25) is 9.59 Å². The lowest BCUT2D eigenvalue weighted by Gasteiger charge is -2.26. The fourth-order valence-electron chi connectivity index (χ4n) is 4.64. The summed E-state index contributed by atoms with van der Waals surface area (Å²) in [7, 11) is 0. The van der Waals surface area contributed by atoms with Crippen LogP contribution >= 0.6 is 0 Å². The van der Waals surface area contributed by atoms with Crippen LogP contribution in [0.1, 0.15) is 37.3 Å². The number of alkyl carbamates (subject to hydrolysis) is 1. The molecule has 2 aromatic rings. The summed E-state index contributed by atoms with van der Waals surface area (Å²) in [5.41, 5.74) is 4.54. The van der Waals surface area contributed by atoms with E-state index in [1.807, 2.05) is 50.2 Å². The Labute approximate surface area is 187 Å². The molecule has 168 valence electrons. The molecule has 2 aliphatic rings. The van der Waals surface area contributed by atoms with Crippen molar-refractivity contribution < 1.29 is 24.2 Å². The van der Waals surface area contributed by atoms with Gasteiger partial charge in [0, 0.05) is 19.0 Å². The van der Waals surface area contributed by atoms with Gasteiger partial charge in [0.2, 0.25) is 5.91 Å². The van der Waals surface area contributed by atoms with Gasteiger partial charge in [-0.25, -0.2) is 4.79 Å². The minimum Gasteiger partial charge on any atom is -0.481 e. The Hall–Kier alpha value is -3.35. The van der Waals surface area contributed by atoms with E-state index in [9.17, 15) is 19.5 Å². The van der Waals surface area contributed by atoms with Gasteiger partial charge in [0.25, 0.3) is 0 Å². The Kier molecular flexibility index (Phi) is 6.17. The highest BCUT2D eigenvalue weighted by atomic mass is 16.5. The first-order valence-electron chi connectivity index (χ1n) is 11.0. The lowest BCUT2D eigenvalue weighted by Crippen LogP contribution is -2.51. The van der Waals surface area contributed by atoms with Crippen LogP contribution in [0, 0.1) is 11.8 Å².